The quantitative estimate of drug-likeness (QED) is 0.405. The first-order valence-electron chi connectivity index (χ1n) is 13.7. The Bertz CT molecular complexity index is 1500. The molecule has 0 bridgehead atoms. The molecule has 0 N–H and O–H groups in total. The minimum Gasteiger partial charge on any atom is -0.384 e. The molecule has 1 unspecified atom stereocenters. The zero-order valence-corrected chi connectivity index (χ0v) is 23.7. The van der Waals surface area contributed by atoms with Crippen LogP contribution < -0.4 is 4.90 Å². The average molecular weight is 567 g/mol. The second-order valence-corrected chi connectivity index (χ2v) is 13.0. The summed E-state index contributed by atoms with van der Waals surface area (Å²) >= 11 is 0. The molecule has 1 aromatic heterocycles. The van der Waals surface area contributed by atoms with Gasteiger partial charge in [0, 0.05) is 45.0 Å². The van der Waals surface area contributed by atoms with Crippen LogP contribution in [0.3, 0.4) is 0 Å². The minimum absolute atomic E-state index is 0.295. The van der Waals surface area contributed by atoms with Gasteiger partial charge < -0.3 is 14.4 Å². The number of sulfonamides is 1. The normalized spacial score (nSPS) is 23.1. The molecule has 2 fully saturated rings. The van der Waals surface area contributed by atoms with E-state index in [1.165, 1.54) is 12.1 Å². The van der Waals surface area contributed by atoms with Crippen molar-refractivity contribution in [3.63, 3.8) is 0 Å². The number of nitrogens with zero attached hydrogens (tertiary/aromatic N) is 4. The number of hydrogen-bond donors (Lipinski definition) is 0. The van der Waals surface area contributed by atoms with Gasteiger partial charge in [-0.15, -0.1) is 0 Å². The fourth-order valence-electron chi connectivity index (χ4n) is 6.59. The number of hydrogen-bond acceptors (Lipinski definition) is 6. The van der Waals surface area contributed by atoms with Gasteiger partial charge in [-0.3, -0.25) is 0 Å². The molecule has 3 aromatic rings. The number of anilines is 1. The zero-order chi connectivity index (χ0) is 27.9. The first-order valence-corrected chi connectivity index (χ1v) is 15.2. The van der Waals surface area contributed by atoms with Crippen molar-refractivity contribution in [1.29, 1.82) is 0 Å². The Morgan fingerprint density at radius 2 is 1.77 bits per heavy atom. The molecule has 6 rings (SSSR count). The fraction of sp³-hybridized carbons (Fsp3) is 0.433. The Morgan fingerprint density at radius 1 is 1.02 bits per heavy atom. The predicted octanol–water partition coefficient (Wildman–Crippen LogP) is 4.29. The Hall–Kier alpha value is -3.05. The smallest absolute Gasteiger partial charge is 0.243 e. The number of fused-ring (bicyclic) bond motifs is 2. The highest BCUT2D eigenvalue weighted by atomic mass is 32.2. The SMILES string of the molecule is COCC1CCCN1c1ccc(S(=O)(=O)N2CCC3=Cc4c(cnn4-c4ccc(F)cc4)C[C@]3(COC)C2)cc1. The van der Waals surface area contributed by atoms with Gasteiger partial charge in [-0.1, -0.05) is 5.57 Å². The highest BCUT2D eigenvalue weighted by molar-refractivity contribution is 7.89. The summed E-state index contributed by atoms with van der Waals surface area (Å²) in [6, 6.07) is 13.9. The molecule has 0 amide bonds. The largest absolute Gasteiger partial charge is 0.384 e. The van der Waals surface area contributed by atoms with Crippen LogP contribution in [0.25, 0.3) is 11.8 Å². The predicted molar refractivity (Wildman–Crippen MR) is 152 cm³/mol. The molecule has 2 aromatic carbocycles. The van der Waals surface area contributed by atoms with Crippen molar-refractivity contribution in [3.8, 4) is 5.69 Å². The molecular formula is C30H35FN4O4S. The molecule has 0 spiro atoms. The lowest BCUT2D eigenvalue weighted by atomic mass is 9.69. The maximum absolute atomic E-state index is 13.9. The van der Waals surface area contributed by atoms with Gasteiger partial charge in [-0.2, -0.15) is 9.40 Å². The molecule has 0 radical (unpaired) electrons. The highest BCUT2D eigenvalue weighted by Crippen LogP contribution is 2.45. The van der Waals surface area contributed by atoms with Crippen LogP contribution in [-0.2, 0) is 25.9 Å². The maximum atomic E-state index is 13.9. The number of piperidine rings is 1. The lowest BCUT2D eigenvalue weighted by Gasteiger charge is -2.45. The van der Waals surface area contributed by atoms with Gasteiger partial charge in [0.15, 0.2) is 0 Å². The molecule has 10 heteroatoms. The third kappa shape index (κ3) is 4.76. The van der Waals surface area contributed by atoms with Crippen molar-refractivity contribution < 1.29 is 22.3 Å². The summed E-state index contributed by atoms with van der Waals surface area (Å²) in [6.07, 6.45) is 7.34. The van der Waals surface area contributed by atoms with E-state index < -0.39 is 15.4 Å². The van der Waals surface area contributed by atoms with Crippen LogP contribution in [0.1, 0.15) is 30.5 Å². The number of ether oxygens (including phenoxy) is 2. The van der Waals surface area contributed by atoms with Gasteiger partial charge in [0.1, 0.15) is 5.82 Å². The summed E-state index contributed by atoms with van der Waals surface area (Å²) in [6.45, 7) is 2.74. The first kappa shape index (κ1) is 27.1. The monoisotopic (exact) mass is 566 g/mol. The molecule has 3 aliphatic rings. The Balaban J connectivity index is 1.26. The summed E-state index contributed by atoms with van der Waals surface area (Å²) in [5.41, 5.74) is 4.46. The average Bonchev–Trinajstić information content (AvgIpc) is 3.59. The van der Waals surface area contributed by atoms with Gasteiger partial charge in [-0.25, -0.2) is 17.5 Å². The third-order valence-corrected chi connectivity index (χ3v) is 10.4. The van der Waals surface area contributed by atoms with Crippen molar-refractivity contribution in [2.75, 3.05) is 52.0 Å². The Labute approximate surface area is 235 Å². The molecular weight excluding hydrogens is 531 g/mol. The maximum Gasteiger partial charge on any atom is 0.243 e. The first-order chi connectivity index (χ1) is 19.3. The van der Waals surface area contributed by atoms with Gasteiger partial charge in [0.25, 0.3) is 0 Å². The Kier molecular flexibility index (Phi) is 7.28. The van der Waals surface area contributed by atoms with E-state index in [0.717, 1.165) is 47.6 Å². The van der Waals surface area contributed by atoms with Crippen molar-refractivity contribution in [1.82, 2.24) is 14.1 Å². The summed E-state index contributed by atoms with van der Waals surface area (Å²) in [5.74, 6) is -0.295. The highest BCUT2D eigenvalue weighted by Gasteiger charge is 2.46. The second kappa shape index (κ2) is 10.7. The van der Waals surface area contributed by atoms with Crippen LogP contribution in [0.5, 0.6) is 0 Å². The number of halogens is 1. The van der Waals surface area contributed by atoms with Crippen LogP contribution in [0.4, 0.5) is 10.1 Å². The summed E-state index contributed by atoms with van der Waals surface area (Å²) in [7, 11) is -0.329. The van der Waals surface area contributed by atoms with Crippen LogP contribution >= 0.6 is 0 Å². The van der Waals surface area contributed by atoms with Gasteiger partial charge in [-0.05, 0) is 85.9 Å². The van der Waals surface area contributed by atoms with Crippen LogP contribution in [0.15, 0.2) is 65.2 Å². The van der Waals surface area contributed by atoms with Crippen molar-refractivity contribution in [2.24, 2.45) is 5.41 Å². The summed E-state index contributed by atoms with van der Waals surface area (Å²) < 4.78 is 55.7. The molecule has 8 nitrogen and oxygen atoms in total. The fourth-order valence-corrected chi connectivity index (χ4v) is 8.12. The molecule has 2 saturated heterocycles. The van der Waals surface area contributed by atoms with Crippen LogP contribution in [-0.4, -0.2) is 75.6 Å². The van der Waals surface area contributed by atoms with Crippen LogP contribution in [0.2, 0.25) is 0 Å². The molecule has 2 aliphatic heterocycles. The number of rotatable bonds is 8. The van der Waals surface area contributed by atoms with Gasteiger partial charge >= 0.3 is 0 Å². The van der Waals surface area contributed by atoms with E-state index in [9.17, 15) is 12.8 Å². The summed E-state index contributed by atoms with van der Waals surface area (Å²) in [4.78, 5) is 2.61. The molecule has 3 heterocycles. The number of aromatic nitrogens is 2. The lowest BCUT2D eigenvalue weighted by molar-refractivity contribution is 0.0733. The van der Waals surface area contributed by atoms with Crippen molar-refractivity contribution in [3.05, 3.63) is 77.4 Å². The van der Waals surface area contributed by atoms with E-state index >= 15 is 0 Å². The van der Waals surface area contributed by atoms with Crippen molar-refractivity contribution in [2.45, 2.75) is 36.6 Å². The third-order valence-electron chi connectivity index (χ3n) is 8.55. The van der Waals surface area contributed by atoms with E-state index in [0.29, 0.717) is 50.1 Å². The minimum atomic E-state index is -3.70. The molecule has 2 atom stereocenters. The standard InChI is InChI=1S/C30H35FN4O4S/c1-38-19-27-4-3-14-34(27)25-9-11-28(12-10-25)40(36,37)33-15-13-23-16-29-22(17-30(23,20-33)21-39-2)18-32-35(29)26-7-5-24(31)6-8-26/h5-12,16,18,27H,3-4,13-15,17,19-21H2,1-2H3/t27?,30-/m1/s1. The van der Waals surface area contributed by atoms with E-state index in [-0.39, 0.29) is 5.82 Å². The number of benzene rings is 2. The van der Waals surface area contributed by atoms with Gasteiger partial charge in [0.05, 0.1) is 41.7 Å². The molecule has 212 valence electrons. The topological polar surface area (TPSA) is 76.9 Å². The van der Waals surface area contributed by atoms with E-state index in [4.69, 9.17) is 9.47 Å². The number of methoxy groups -OCH3 is 2. The zero-order valence-electron chi connectivity index (χ0n) is 22.9. The molecule has 1 aliphatic carbocycles. The van der Waals surface area contributed by atoms with Gasteiger partial charge in [0.2, 0.25) is 10.0 Å². The Morgan fingerprint density at radius 3 is 2.50 bits per heavy atom. The molecule has 0 saturated carbocycles. The summed E-state index contributed by atoms with van der Waals surface area (Å²) in [5, 5.41) is 4.59. The van der Waals surface area contributed by atoms with E-state index in [2.05, 4.69) is 16.1 Å². The lowest BCUT2D eigenvalue weighted by Crippen LogP contribution is -2.51. The molecule has 40 heavy (non-hydrogen) atoms. The van der Waals surface area contributed by atoms with Crippen molar-refractivity contribution >= 4 is 21.8 Å². The van der Waals surface area contributed by atoms with E-state index in [1.807, 2.05) is 23.0 Å². The van der Waals surface area contributed by atoms with Crippen LogP contribution in [0, 0.1) is 11.2 Å². The second-order valence-electron chi connectivity index (χ2n) is 11.0. The van der Waals surface area contributed by atoms with E-state index in [1.54, 1.807) is 42.8 Å².